The first kappa shape index (κ1) is 9.82. The maximum atomic E-state index is 4.06. The van der Waals surface area contributed by atoms with Crippen LogP contribution in [0.5, 0.6) is 0 Å². The van der Waals surface area contributed by atoms with Crippen LogP contribution in [-0.4, -0.2) is 31.6 Å². The maximum Gasteiger partial charge on any atom is 0.199 e. The molecule has 0 spiro atoms. The third-order valence-corrected chi connectivity index (χ3v) is 2.44. The Hall–Kier alpha value is -1.72. The lowest BCUT2D eigenvalue weighted by Gasteiger charge is -2.10. The molecule has 0 saturated heterocycles. The van der Waals surface area contributed by atoms with Crippen molar-refractivity contribution in [3.63, 3.8) is 0 Å². The third-order valence-electron chi connectivity index (χ3n) is 2.44. The molecule has 0 bridgehead atoms. The molecular formula is C9H14N6. The number of anilines is 1. The average molecular weight is 206 g/mol. The lowest BCUT2D eigenvalue weighted by Crippen LogP contribution is -2.13. The number of hydrogen-bond donors (Lipinski definition) is 1. The van der Waals surface area contributed by atoms with Crippen molar-refractivity contribution in [2.45, 2.75) is 20.3 Å². The van der Waals surface area contributed by atoms with Crippen molar-refractivity contribution in [1.82, 2.24) is 25.0 Å². The van der Waals surface area contributed by atoms with E-state index in [9.17, 15) is 0 Å². The summed E-state index contributed by atoms with van der Waals surface area (Å²) >= 11 is 0. The summed E-state index contributed by atoms with van der Waals surface area (Å²) in [5.74, 6) is 1.45. The SMILES string of the molecule is CCC(C)CNc1cncc2nnnn12. The third kappa shape index (κ3) is 2.03. The van der Waals surface area contributed by atoms with Gasteiger partial charge in [-0.05, 0) is 16.3 Å². The molecule has 6 heteroatoms. The zero-order valence-electron chi connectivity index (χ0n) is 8.88. The van der Waals surface area contributed by atoms with Crippen molar-refractivity contribution < 1.29 is 0 Å². The fourth-order valence-electron chi connectivity index (χ4n) is 1.22. The van der Waals surface area contributed by atoms with Gasteiger partial charge in [0.25, 0.3) is 0 Å². The minimum absolute atomic E-state index is 0.622. The Labute approximate surface area is 87.7 Å². The number of nitrogens with zero attached hydrogens (tertiary/aromatic N) is 5. The van der Waals surface area contributed by atoms with E-state index < -0.39 is 0 Å². The van der Waals surface area contributed by atoms with Gasteiger partial charge in [0.15, 0.2) is 5.65 Å². The van der Waals surface area contributed by atoms with Gasteiger partial charge in [0.1, 0.15) is 5.82 Å². The molecule has 1 atom stereocenters. The van der Waals surface area contributed by atoms with Gasteiger partial charge in [-0.2, -0.15) is 4.52 Å². The smallest absolute Gasteiger partial charge is 0.199 e. The van der Waals surface area contributed by atoms with Crippen LogP contribution in [0.4, 0.5) is 5.82 Å². The number of fused-ring (bicyclic) bond motifs is 1. The lowest BCUT2D eigenvalue weighted by molar-refractivity contribution is 0.590. The quantitative estimate of drug-likeness (QED) is 0.807. The largest absolute Gasteiger partial charge is 0.368 e. The zero-order valence-corrected chi connectivity index (χ0v) is 8.88. The van der Waals surface area contributed by atoms with Crippen molar-refractivity contribution in [3.05, 3.63) is 12.4 Å². The molecule has 0 saturated carbocycles. The fraction of sp³-hybridized carbons (Fsp3) is 0.556. The van der Waals surface area contributed by atoms with E-state index in [1.165, 1.54) is 0 Å². The normalized spacial score (nSPS) is 12.9. The van der Waals surface area contributed by atoms with Crippen LogP contribution in [0.3, 0.4) is 0 Å². The molecule has 15 heavy (non-hydrogen) atoms. The first-order chi connectivity index (χ1) is 7.31. The van der Waals surface area contributed by atoms with Crippen LogP contribution in [0.15, 0.2) is 12.4 Å². The van der Waals surface area contributed by atoms with Crippen LogP contribution in [0.2, 0.25) is 0 Å². The second-order valence-corrected chi connectivity index (χ2v) is 3.64. The Morgan fingerprint density at radius 2 is 2.33 bits per heavy atom. The van der Waals surface area contributed by atoms with E-state index in [-0.39, 0.29) is 0 Å². The monoisotopic (exact) mass is 206 g/mol. The van der Waals surface area contributed by atoms with Crippen molar-refractivity contribution in [2.24, 2.45) is 5.92 Å². The predicted octanol–water partition coefficient (Wildman–Crippen LogP) is 0.977. The summed E-state index contributed by atoms with van der Waals surface area (Å²) in [6.45, 7) is 5.26. The van der Waals surface area contributed by atoms with Crippen LogP contribution < -0.4 is 5.32 Å². The van der Waals surface area contributed by atoms with Crippen LogP contribution in [-0.2, 0) is 0 Å². The lowest BCUT2D eigenvalue weighted by atomic mass is 10.1. The summed E-state index contributed by atoms with van der Waals surface area (Å²) in [6.07, 6.45) is 4.51. The van der Waals surface area contributed by atoms with Crippen LogP contribution in [0.25, 0.3) is 5.65 Å². The molecular weight excluding hydrogens is 192 g/mol. The highest BCUT2D eigenvalue weighted by molar-refractivity contribution is 5.43. The topological polar surface area (TPSA) is 68.0 Å². The first-order valence-electron chi connectivity index (χ1n) is 5.07. The average Bonchev–Trinajstić information content (AvgIpc) is 2.74. The number of aromatic nitrogens is 5. The van der Waals surface area contributed by atoms with Crippen molar-refractivity contribution in [2.75, 3.05) is 11.9 Å². The van der Waals surface area contributed by atoms with E-state index in [0.717, 1.165) is 18.8 Å². The summed E-state index contributed by atoms with van der Waals surface area (Å²) < 4.78 is 1.65. The molecule has 0 radical (unpaired) electrons. The van der Waals surface area contributed by atoms with Gasteiger partial charge in [0, 0.05) is 6.54 Å². The molecule has 1 unspecified atom stereocenters. The second kappa shape index (κ2) is 4.20. The Kier molecular flexibility index (Phi) is 2.75. The van der Waals surface area contributed by atoms with E-state index in [0.29, 0.717) is 11.6 Å². The standard InChI is InChI=1S/C9H14N6/c1-3-7(2)4-11-8-5-10-6-9-12-13-14-15(8)9/h5-7,11H,3-4H2,1-2H3. The van der Waals surface area contributed by atoms with Crippen molar-refractivity contribution >= 4 is 11.5 Å². The van der Waals surface area contributed by atoms with Gasteiger partial charge < -0.3 is 5.32 Å². The number of hydrogen-bond acceptors (Lipinski definition) is 5. The van der Waals surface area contributed by atoms with E-state index in [1.54, 1.807) is 16.9 Å². The molecule has 2 aromatic rings. The Balaban J connectivity index is 2.17. The molecule has 0 aromatic carbocycles. The van der Waals surface area contributed by atoms with Gasteiger partial charge in [-0.25, -0.2) is 0 Å². The van der Waals surface area contributed by atoms with Crippen LogP contribution in [0, 0.1) is 5.92 Å². The summed E-state index contributed by atoms with van der Waals surface area (Å²) in [5, 5.41) is 14.6. The molecule has 0 aliphatic carbocycles. The maximum absolute atomic E-state index is 4.06. The van der Waals surface area contributed by atoms with Gasteiger partial charge in [0.05, 0.1) is 12.4 Å². The number of nitrogens with one attached hydrogen (secondary N) is 1. The summed E-state index contributed by atoms with van der Waals surface area (Å²) in [4.78, 5) is 4.06. The first-order valence-corrected chi connectivity index (χ1v) is 5.07. The van der Waals surface area contributed by atoms with E-state index in [4.69, 9.17) is 0 Å². The molecule has 0 fully saturated rings. The molecule has 2 rings (SSSR count). The highest BCUT2D eigenvalue weighted by Gasteiger charge is 2.04. The molecule has 80 valence electrons. The van der Waals surface area contributed by atoms with Gasteiger partial charge in [0.2, 0.25) is 0 Å². The minimum atomic E-state index is 0.622. The van der Waals surface area contributed by atoms with Gasteiger partial charge in [-0.1, -0.05) is 20.3 Å². The Morgan fingerprint density at radius 1 is 1.47 bits per heavy atom. The molecule has 2 aromatic heterocycles. The predicted molar refractivity (Wildman–Crippen MR) is 56.5 cm³/mol. The minimum Gasteiger partial charge on any atom is -0.368 e. The highest BCUT2D eigenvalue weighted by Crippen LogP contribution is 2.08. The van der Waals surface area contributed by atoms with Gasteiger partial charge in [-0.15, -0.1) is 5.10 Å². The molecule has 6 nitrogen and oxygen atoms in total. The molecule has 0 amide bonds. The number of tetrazole rings is 1. The van der Waals surface area contributed by atoms with E-state index in [2.05, 4.69) is 39.7 Å². The highest BCUT2D eigenvalue weighted by atomic mass is 15.5. The van der Waals surface area contributed by atoms with Gasteiger partial charge in [-0.3, -0.25) is 4.98 Å². The summed E-state index contributed by atoms with van der Waals surface area (Å²) in [5.41, 5.74) is 0.657. The molecule has 0 aliphatic rings. The summed E-state index contributed by atoms with van der Waals surface area (Å²) in [6, 6.07) is 0. The zero-order chi connectivity index (χ0) is 10.7. The Bertz CT molecular complexity index is 437. The molecule has 2 heterocycles. The number of rotatable bonds is 4. The summed E-state index contributed by atoms with van der Waals surface area (Å²) in [7, 11) is 0. The van der Waals surface area contributed by atoms with Crippen LogP contribution >= 0.6 is 0 Å². The molecule has 0 aliphatic heterocycles. The Morgan fingerprint density at radius 3 is 3.13 bits per heavy atom. The molecule has 1 N–H and O–H groups in total. The van der Waals surface area contributed by atoms with Crippen LogP contribution in [0.1, 0.15) is 20.3 Å². The van der Waals surface area contributed by atoms with E-state index >= 15 is 0 Å². The van der Waals surface area contributed by atoms with E-state index in [1.807, 2.05) is 0 Å². The van der Waals surface area contributed by atoms with Gasteiger partial charge >= 0.3 is 0 Å². The second-order valence-electron chi connectivity index (χ2n) is 3.64. The fourth-order valence-corrected chi connectivity index (χ4v) is 1.22. The van der Waals surface area contributed by atoms with Crippen molar-refractivity contribution in [1.29, 1.82) is 0 Å². The van der Waals surface area contributed by atoms with Crippen molar-refractivity contribution in [3.8, 4) is 0 Å².